The van der Waals surface area contributed by atoms with E-state index in [0.29, 0.717) is 24.4 Å². The number of aryl methyl sites for hydroxylation is 1. The number of likely N-dealkylation sites (tertiary alicyclic amines) is 1. The molecule has 2 aromatic carbocycles. The van der Waals surface area contributed by atoms with E-state index in [-0.39, 0.29) is 5.57 Å². The summed E-state index contributed by atoms with van der Waals surface area (Å²) in [5.74, 6) is -1.12. The van der Waals surface area contributed by atoms with Crippen LogP contribution in [0.4, 0.5) is 0 Å². The Kier molecular flexibility index (Phi) is 6.63. The highest BCUT2D eigenvalue weighted by Gasteiger charge is 2.44. The summed E-state index contributed by atoms with van der Waals surface area (Å²) < 4.78 is 6.14. The van der Waals surface area contributed by atoms with Gasteiger partial charge in [0.15, 0.2) is 0 Å². The normalized spacial score (nSPS) is 18.3. The van der Waals surface area contributed by atoms with Gasteiger partial charge in [-0.2, -0.15) is 0 Å². The van der Waals surface area contributed by atoms with E-state index in [1.54, 1.807) is 25.3 Å². The van der Waals surface area contributed by atoms with E-state index in [4.69, 9.17) is 4.74 Å². The molecule has 1 atom stereocenters. The molecule has 0 bridgehead atoms. The van der Waals surface area contributed by atoms with Gasteiger partial charge in [0.2, 0.25) is 5.78 Å². The number of nitrogens with one attached hydrogen (secondary N) is 1. The largest absolute Gasteiger partial charge is 0.872 e. The Hall–Kier alpha value is -2.64. The molecule has 2 aromatic rings. The van der Waals surface area contributed by atoms with Crippen LogP contribution in [0, 0.1) is 6.92 Å². The van der Waals surface area contributed by atoms with Gasteiger partial charge >= 0.3 is 0 Å². The summed E-state index contributed by atoms with van der Waals surface area (Å²) in [4.78, 5) is 28.5. The standard InChI is InChI=1S/C23H25BrN2O4/c1-14-13-16(7-10-18(14)30-4)21(27)19-20(15-5-8-17(24)9-6-15)26(12-11-25(2)3)23(29)22(19)28/h5-10,13,20,27H,11-12H2,1-4H3. The van der Waals surface area contributed by atoms with Gasteiger partial charge < -0.3 is 19.6 Å². The van der Waals surface area contributed by atoms with E-state index < -0.39 is 23.5 Å². The summed E-state index contributed by atoms with van der Waals surface area (Å²) in [7, 11) is 5.52. The molecule has 158 valence electrons. The molecular formula is C23H25BrN2O4. The first-order valence-electron chi connectivity index (χ1n) is 9.70. The Morgan fingerprint density at radius 3 is 2.40 bits per heavy atom. The van der Waals surface area contributed by atoms with Crippen molar-refractivity contribution >= 4 is 33.4 Å². The molecule has 0 radical (unpaired) electrons. The molecule has 0 saturated carbocycles. The number of nitrogens with zero attached hydrogens (tertiary/aromatic N) is 1. The van der Waals surface area contributed by atoms with Gasteiger partial charge in [-0.3, -0.25) is 9.59 Å². The predicted molar refractivity (Wildman–Crippen MR) is 116 cm³/mol. The number of hydrogen-bond acceptors (Lipinski definition) is 4. The lowest BCUT2D eigenvalue weighted by molar-refractivity contribution is -0.857. The number of hydrogen-bond donors (Lipinski definition) is 1. The van der Waals surface area contributed by atoms with Crippen LogP contribution in [0.3, 0.4) is 0 Å². The molecule has 3 rings (SSSR count). The Balaban J connectivity index is 2.14. The van der Waals surface area contributed by atoms with Crippen molar-refractivity contribution in [1.29, 1.82) is 0 Å². The van der Waals surface area contributed by atoms with Crippen LogP contribution in [0.25, 0.3) is 5.76 Å². The third-order valence-corrected chi connectivity index (χ3v) is 5.75. The molecular weight excluding hydrogens is 448 g/mol. The number of benzene rings is 2. The van der Waals surface area contributed by atoms with E-state index in [0.717, 1.165) is 20.5 Å². The van der Waals surface area contributed by atoms with E-state index >= 15 is 0 Å². The molecule has 0 aromatic heterocycles. The second kappa shape index (κ2) is 9.02. The minimum Gasteiger partial charge on any atom is -0.872 e. The van der Waals surface area contributed by atoms with Crippen LogP contribution >= 0.6 is 15.9 Å². The molecule has 1 unspecified atom stereocenters. The fraction of sp³-hybridized carbons (Fsp3) is 0.304. The van der Waals surface area contributed by atoms with Crippen molar-refractivity contribution in [2.75, 3.05) is 34.3 Å². The molecule has 1 aliphatic rings. The minimum atomic E-state index is -0.727. The van der Waals surface area contributed by atoms with E-state index in [1.165, 1.54) is 4.90 Å². The monoisotopic (exact) mass is 472 g/mol. The van der Waals surface area contributed by atoms with Crippen LogP contribution in [0.5, 0.6) is 5.75 Å². The van der Waals surface area contributed by atoms with Crippen molar-refractivity contribution in [3.63, 3.8) is 0 Å². The fourth-order valence-electron chi connectivity index (χ4n) is 3.61. The Labute approximate surface area is 184 Å². The molecule has 1 aliphatic heterocycles. The number of likely N-dealkylation sites (N-methyl/N-ethyl adjacent to an activating group) is 1. The van der Waals surface area contributed by atoms with Crippen molar-refractivity contribution in [3.05, 3.63) is 69.2 Å². The SMILES string of the molecule is COc1ccc(C([O-])=C2C(=O)C(=O)N(CC[NH+](C)C)C2c2ccc(Br)cc2)cc1C. The smallest absolute Gasteiger partial charge is 0.295 e. The van der Waals surface area contributed by atoms with Crippen molar-refractivity contribution in [2.24, 2.45) is 0 Å². The number of amides is 1. The third-order valence-electron chi connectivity index (χ3n) is 5.22. The van der Waals surface area contributed by atoms with Crippen molar-refractivity contribution < 1.29 is 24.3 Å². The zero-order valence-corrected chi connectivity index (χ0v) is 19.1. The lowest BCUT2D eigenvalue weighted by Crippen LogP contribution is -3.06. The average Bonchev–Trinajstić information content (AvgIpc) is 2.96. The molecule has 1 amide bonds. The Morgan fingerprint density at radius 2 is 1.83 bits per heavy atom. The number of ether oxygens (including phenoxy) is 1. The van der Waals surface area contributed by atoms with Gasteiger partial charge in [-0.25, -0.2) is 0 Å². The highest BCUT2D eigenvalue weighted by atomic mass is 79.9. The number of carbonyl (C=O) groups is 2. The van der Waals surface area contributed by atoms with Crippen LogP contribution in [0.15, 0.2) is 52.5 Å². The number of ketones is 1. The second-order valence-electron chi connectivity index (χ2n) is 7.67. The lowest BCUT2D eigenvalue weighted by atomic mass is 9.95. The highest BCUT2D eigenvalue weighted by Crippen LogP contribution is 2.39. The summed E-state index contributed by atoms with van der Waals surface area (Å²) in [6.07, 6.45) is 0. The first-order valence-corrected chi connectivity index (χ1v) is 10.5. The van der Waals surface area contributed by atoms with Gasteiger partial charge in [0.05, 0.1) is 40.3 Å². The molecule has 1 N–H and O–H groups in total. The van der Waals surface area contributed by atoms with E-state index in [9.17, 15) is 14.7 Å². The maximum Gasteiger partial charge on any atom is 0.295 e. The van der Waals surface area contributed by atoms with Crippen LogP contribution in [0.2, 0.25) is 0 Å². The number of quaternary nitrogens is 1. The van der Waals surface area contributed by atoms with Gasteiger partial charge in [-0.15, -0.1) is 0 Å². The van der Waals surface area contributed by atoms with Gasteiger partial charge in [-0.1, -0.05) is 39.9 Å². The molecule has 0 spiro atoms. The predicted octanol–water partition coefficient (Wildman–Crippen LogP) is 1.13. The van der Waals surface area contributed by atoms with Crippen LogP contribution in [-0.4, -0.2) is 50.9 Å². The lowest BCUT2D eigenvalue weighted by Gasteiger charge is -2.28. The molecule has 6 nitrogen and oxygen atoms in total. The number of halogens is 1. The maximum absolute atomic E-state index is 13.4. The number of Topliss-reactive ketones (excluding diaryl/α,β-unsaturated/α-hetero) is 1. The van der Waals surface area contributed by atoms with E-state index in [2.05, 4.69) is 15.9 Å². The molecule has 30 heavy (non-hydrogen) atoms. The molecule has 1 saturated heterocycles. The molecule has 1 heterocycles. The maximum atomic E-state index is 13.4. The minimum absolute atomic E-state index is 0.000598. The summed E-state index contributed by atoms with van der Waals surface area (Å²) in [5.41, 5.74) is 1.89. The highest BCUT2D eigenvalue weighted by molar-refractivity contribution is 9.10. The number of methoxy groups -OCH3 is 1. The summed E-state index contributed by atoms with van der Waals surface area (Å²) in [6.45, 7) is 2.88. The van der Waals surface area contributed by atoms with Gasteiger partial charge in [0.1, 0.15) is 5.75 Å². The van der Waals surface area contributed by atoms with Gasteiger partial charge in [-0.05, 0) is 47.9 Å². The van der Waals surface area contributed by atoms with Gasteiger partial charge in [0.25, 0.3) is 5.91 Å². The van der Waals surface area contributed by atoms with Crippen LogP contribution in [0.1, 0.15) is 22.7 Å². The molecule has 1 fully saturated rings. The third kappa shape index (κ3) is 4.27. The van der Waals surface area contributed by atoms with Crippen molar-refractivity contribution in [2.45, 2.75) is 13.0 Å². The van der Waals surface area contributed by atoms with Crippen LogP contribution in [-0.2, 0) is 9.59 Å². The topological polar surface area (TPSA) is 74.1 Å². The number of rotatable bonds is 6. The molecule has 7 heteroatoms. The second-order valence-corrected chi connectivity index (χ2v) is 8.58. The van der Waals surface area contributed by atoms with Crippen molar-refractivity contribution in [3.8, 4) is 5.75 Å². The first kappa shape index (κ1) is 22.1. The fourth-order valence-corrected chi connectivity index (χ4v) is 3.88. The van der Waals surface area contributed by atoms with E-state index in [1.807, 2.05) is 45.3 Å². The first-order chi connectivity index (χ1) is 14.2. The zero-order valence-electron chi connectivity index (χ0n) is 17.5. The summed E-state index contributed by atoms with van der Waals surface area (Å²) in [5, 5.41) is 13.4. The Bertz CT molecular complexity index is 999. The molecule has 0 aliphatic carbocycles. The van der Waals surface area contributed by atoms with Gasteiger partial charge in [0, 0.05) is 10.0 Å². The Morgan fingerprint density at radius 1 is 1.17 bits per heavy atom. The average molecular weight is 473 g/mol. The van der Waals surface area contributed by atoms with Crippen LogP contribution < -0.4 is 14.7 Å². The summed E-state index contributed by atoms with van der Waals surface area (Å²) >= 11 is 3.41. The quantitative estimate of drug-likeness (QED) is 0.388. The zero-order chi connectivity index (χ0) is 22.0. The summed E-state index contributed by atoms with van der Waals surface area (Å²) in [6, 6.07) is 11.7. The number of carbonyl (C=O) groups excluding carboxylic acids is 2. The van der Waals surface area contributed by atoms with Crippen molar-refractivity contribution in [1.82, 2.24) is 4.90 Å².